The Bertz CT molecular complexity index is 176. The SMILES string of the molecule is C=CC(=O)C1CCC(CCC)CC1. The second-order valence-electron chi connectivity index (χ2n) is 4.11. The first-order valence-electron chi connectivity index (χ1n) is 5.44. The highest BCUT2D eigenvalue weighted by Crippen LogP contribution is 2.31. The van der Waals surface area contributed by atoms with Crippen molar-refractivity contribution in [1.29, 1.82) is 0 Å². The predicted molar refractivity (Wildman–Crippen MR) is 55.6 cm³/mol. The quantitative estimate of drug-likeness (QED) is 0.606. The van der Waals surface area contributed by atoms with Crippen molar-refractivity contribution in [3.63, 3.8) is 0 Å². The van der Waals surface area contributed by atoms with E-state index in [2.05, 4.69) is 13.5 Å². The van der Waals surface area contributed by atoms with Crippen LogP contribution in [-0.4, -0.2) is 5.78 Å². The molecule has 1 aliphatic carbocycles. The lowest BCUT2D eigenvalue weighted by atomic mass is 9.78. The van der Waals surface area contributed by atoms with Gasteiger partial charge in [0, 0.05) is 5.92 Å². The van der Waals surface area contributed by atoms with Gasteiger partial charge < -0.3 is 0 Å². The fourth-order valence-electron chi connectivity index (χ4n) is 2.31. The van der Waals surface area contributed by atoms with E-state index < -0.39 is 0 Å². The predicted octanol–water partition coefficient (Wildman–Crippen LogP) is 3.35. The fourth-order valence-corrected chi connectivity index (χ4v) is 2.31. The molecule has 74 valence electrons. The molecule has 1 aliphatic rings. The van der Waals surface area contributed by atoms with Crippen LogP contribution in [0.5, 0.6) is 0 Å². The average molecular weight is 180 g/mol. The van der Waals surface area contributed by atoms with Crippen molar-refractivity contribution in [3.8, 4) is 0 Å². The second-order valence-corrected chi connectivity index (χ2v) is 4.11. The largest absolute Gasteiger partial charge is 0.295 e. The Hall–Kier alpha value is -0.590. The van der Waals surface area contributed by atoms with E-state index in [1.54, 1.807) is 0 Å². The van der Waals surface area contributed by atoms with Gasteiger partial charge in [0.1, 0.15) is 0 Å². The maximum absolute atomic E-state index is 11.3. The van der Waals surface area contributed by atoms with Gasteiger partial charge in [0.2, 0.25) is 0 Å². The van der Waals surface area contributed by atoms with Crippen LogP contribution in [0.15, 0.2) is 12.7 Å². The summed E-state index contributed by atoms with van der Waals surface area (Å²) in [6.07, 6.45) is 8.80. The Kier molecular flexibility index (Phi) is 4.20. The Morgan fingerprint density at radius 3 is 2.46 bits per heavy atom. The number of hydrogen-bond acceptors (Lipinski definition) is 1. The summed E-state index contributed by atoms with van der Waals surface area (Å²) in [6, 6.07) is 0. The maximum Gasteiger partial charge on any atom is 0.158 e. The van der Waals surface area contributed by atoms with Gasteiger partial charge in [0.25, 0.3) is 0 Å². The minimum atomic E-state index is 0.259. The smallest absolute Gasteiger partial charge is 0.158 e. The summed E-state index contributed by atoms with van der Waals surface area (Å²) >= 11 is 0. The molecule has 0 unspecified atom stereocenters. The van der Waals surface area contributed by atoms with Crippen molar-refractivity contribution in [2.24, 2.45) is 11.8 Å². The van der Waals surface area contributed by atoms with E-state index in [9.17, 15) is 4.79 Å². The van der Waals surface area contributed by atoms with Crippen LogP contribution in [0.4, 0.5) is 0 Å². The summed E-state index contributed by atoms with van der Waals surface area (Å²) in [7, 11) is 0. The Morgan fingerprint density at radius 2 is 2.00 bits per heavy atom. The van der Waals surface area contributed by atoms with E-state index in [1.807, 2.05) is 0 Å². The molecule has 1 nitrogen and oxygen atoms in total. The molecule has 0 aliphatic heterocycles. The van der Waals surface area contributed by atoms with Gasteiger partial charge in [-0.25, -0.2) is 0 Å². The first-order chi connectivity index (χ1) is 6.27. The Morgan fingerprint density at radius 1 is 1.38 bits per heavy atom. The summed E-state index contributed by atoms with van der Waals surface area (Å²) in [5, 5.41) is 0. The lowest BCUT2D eigenvalue weighted by Crippen LogP contribution is -2.20. The number of allylic oxidation sites excluding steroid dienone is 1. The third-order valence-electron chi connectivity index (χ3n) is 3.15. The molecule has 0 N–H and O–H groups in total. The van der Waals surface area contributed by atoms with Crippen molar-refractivity contribution in [2.75, 3.05) is 0 Å². The normalized spacial score (nSPS) is 28.4. The van der Waals surface area contributed by atoms with E-state index in [1.165, 1.54) is 31.8 Å². The number of hydrogen-bond donors (Lipinski definition) is 0. The molecule has 1 rings (SSSR count). The Labute approximate surface area is 81.2 Å². The molecule has 0 amide bonds. The molecule has 1 heteroatoms. The molecule has 1 saturated carbocycles. The van der Waals surface area contributed by atoms with Crippen LogP contribution in [0.3, 0.4) is 0 Å². The molecular formula is C12H20O. The molecule has 0 radical (unpaired) electrons. The summed E-state index contributed by atoms with van der Waals surface area (Å²) in [4.78, 5) is 11.3. The summed E-state index contributed by atoms with van der Waals surface area (Å²) < 4.78 is 0. The molecule has 1 fully saturated rings. The summed E-state index contributed by atoms with van der Waals surface area (Å²) in [5.41, 5.74) is 0. The fraction of sp³-hybridized carbons (Fsp3) is 0.750. The average Bonchev–Trinajstić information content (AvgIpc) is 2.18. The minimum absolute atomic E-state index is 0.259. The van der Waals surface area contributed by atoms with Crippen LogP contribution in [0.1, 0.15) is 45.4 Å². The van der Waals surface area contributed by atoms with Crippen LogP contribution in [0, 0.1) is 11.8 Å². The van der Waals surface area contributed by atoms with Gasteiger partial charge in [-0.15, -0.1) is 0 Å². The molecular weight excluding hydrogens is 160 g/mol. The zero-order valence-corrected chi connectivity index (χ0v) is 8.59. The minimum Gasteiger partial charge on any atom is -0.295 e. The maximum atomic E-state index is 11.3. The first kappa shape index (κ1) is 10.5. The molecule has 13 heavy (non-hydrogen) atoms. The highest BCUT2D eigenvalue weighted by molar-refractivity contribution is 5.91. The molecule has 0 spiro atoms. The lowest BCUT2D eigenvalue weighted by Gasteiger charge is -2.26. The highest BCUT2D eigenvalue weighted by Gasteiger charge is 2.23. The Balaban J connectivity index is 2.30. The summed E-state index contributed by atoms with van der Waals surface area (Å²) in [6.45, 7) is 5.78. The number of ketones is 1. The third-order valence-corrected chi connectivity index (χ3v) is 3.15. The van der Waals surface area contributed by atoms with E-state index in [0.717, 1.165) is 18.8 Å². The molecule has 0 heterocycles. The first-order valence-corrected chi connectivity index (χ1v) is 5.44. The van der Waals surface area contributed by atoms with Crippen molar-refractivity contribution in [3.05, 3.63) is 12.7 Å². The van der Waals surface area contributed by atoms with Gasteiger partial charge in [-0.3, -0.25) is 4.79 Å². The van der Waals surface area contributed by atoms with Crippen molar-refractivity contribution in [2.45, 2.75) is 45.4 Å². The topological polar surface area (TPSA) is 17.1 Å². The molecule has 0 atom stereocenters. The van der Waals surface area contributed by atoms with Gasteiger partial charge >= 0.3 is 0 Å². The van der Waals surface area contributed by atoms with Crippen molar-refractivity contribution < 1.29 is 4.79 Å². The van der Waals surface area contributed by atoms with Crippen LogP contribution in [-0.2, 0) is 4.79 Å². The standard InChI is InChI=1S/C12H20O/c1-3-5-10-6-8-11(9-7-10)12(13)4-2/h4,10-11H,2-3,5-9H2,1H3. The van der Waals surface area contributed by atoms with Gasteiger partial charge in [-0.1, -0.05) is 26.3 Å². The molecule has 0 saturated heterocycles. The van der Waals surface area contributed by atoms with Crippen LogP contribution >= 0.6 is 0 Å². The van der Waals surface area contributed by atoms with E-state index >= 15 is 0 Å². The van der Waals surface area contributed by atoms with Gasteiger partial charge in [-0.2, -0.15) is 0 Å². The van der Waals surface area contributed by atoms with E-state index in [0.29, 0.717) is 5.92 Å². The monoisotopic (exact) mass is 180 g/mol. The van der Waals surface area contributed by atoms with Crippen LogP contribution < -0.4 is 0 Å². The van der Waals surface area contributed by atoms with Crippen molar-refractivity contribution in [1.82, 2.24) is 0 Å². The lowest BCUT2D eigenvalue weighted by molar-refractivity contribution is -0.119. The highest BCUT2D eigenvalue weighted by atomic mass is 16.1. The molecule has 0 aromatic carbocycles. The second kappa shape index (κ2) is 5.21. The van der Waals surface area contributed by atoms with E-state index in [-0.39, 0.29) is 5.78 Å². The molecule has 0 aromatic heterocycles. The van der Waals surface area contributed by atoms with Crippen molar-refractivity contribution >= 4 is 5.78 Å². The zero-order valence-electron chi connectivity index (χ0n) is 8.59. The molecule has 0 aromatic rings. The van der Waals surface area contributed by atoms with Crippen LogP contribution in [0.2, 0.25) is 0 Å². The van der Waals surface area contributed by atoms with Gasteiger partial charge in [0.15, 0.2) is 5.78 Å². The number of carbonyl (C=O) groups excluding carboxylic acids is 1. The molecule has 0 bridgehead atoms. The van der Waals surface area contributed by atoms with Gasteiger partial charge in [-0.05, 0) is 37.7 Å². The zero-order chi connectivity index (χ0) is 9.68. The number of carbonyl (C=O) groups is 1. The van der Waals surface area contributed by atoms with E-state index in [4.69, 9.17) is 0 Å². The van der Waals surface area contributed by atoms with Gasteiger partial charge in [0.05, 0.1) is 0 Å². The summed E-state index contributed by atoms with van der Waals surface area (Å²) in [5.74, 6) is 1.44. The third kappa shape index (κ3) is 2.98. The van der Waals surface area contributed by atoms with Crippen LogP contribution in [0.25, 0.3) is 0 Å². The number of rotatable bonds is 4.